The molecule has 0 aromatic heterocycles. The van der Waals surface area contributed by atoms with Crippen molar-refractivity contribution in [2.75, 3.05) is 0 Å². The zero-order chi connectivity index (χ0) is 18.4. The molecule has 140 valence electrons. The number of hydrogen-bond acceptors (Lipinski definition) is 5. The van der Waals surface area contributed by atoms with E-state index < -0.39 is 28.8 Å². The first kappa shape index (κ1) is 17.7. The number of ether oxygens (including phenoxy) is 2. The molecule has 1 saturated carbocycles. The lowest BCUT2D eigenvalue weighted by atomic mass is 9.55. The Morgan fingerprint density at radius 1 is 1.08 bits per heavy atom. The number of ketones is 1. The summed E-state index contributed by atoms with van der Waals surface area (Å²) in [6, 6.07) is 0. The van der Waals surface area contributed by atoms with Crippen LogP contribution in [0.15, 0.2) is 11.6 Å². The normalized spacial score (nSPS) is 58.2. The van der Waals surface area contributed by atoms with Crippen LogP contribution < -0.4 is 0 Å². The van der Waals surface area contributed by atoms with Crippen molar-refractivity contribution in [3.8, 4) is 0 Å². The van der Waals surface area contributed by atoms with Gasteiger partial charge < -0.3 is 19.7 Å². The van der Waals surface area contributed by atoms with Crippen molar-refractivity contribution in [3.05, 3.63) is 11.6 Å². The fourth-order valence-electron chi connectivity index (χ4n) is 5.10. The summed E-state index contributed by atoms with van der Waals surface area (Å²) in [4.78, 5) is 13.1. The molecule has 0 spiro atoms. The van der Waals surface area contributed by atoms with Gasteiger partial charge in [-0.1, -0.05) is 13.8 Å². The summed E-state index contributed by atoms with van der Waals surface area (Å²) in [6.07, 6.45) is 3.64. The number of fused-ring (bicyclic) bond motifs is 4. The summed E-state index contributed by atoms with van der Waals surface area (Å²) in [5.74, 6) is -0.334. The van der Waals surface area contributed by atoms with Gasteiger partial charge in [0.2, 0.25) is 0 Å². The van der Waals surface area contributed by atoms with E-state index in [2.05, 4.69) is 6.92 Å². The van der Waals surface area contributed by atoms with Crippen molar-refractivity contribution in [1.82, 2.24) is 0 Å². The highest BCUT2D eigenvalue weighted by atomic mass is 16.6. The van der Waals surface area contributed by atoms with Gasteiger partial charge >= 0.3 is 0 Å². The molecule has 0 radical (unpaired) electrons. The fourth-order valence-corrected chi connectivity index (χ4v) is 5.10. The Morgan fingerprint density at radius 2 is 1.76 bits per heavy atom. The van der Waals surface area contributed by atoms with Crippen LogP contribution in [0, 0.1) is 11.3 Å². The fraction of sp³-hybridized carbons (Fsp3) is 0.850. The summed E-state index contributed by atoms with van der Waals surface area (Å²) < 4.78 is 11.7. The van der Waals surface area contributed by atoms with Gasteiger partial charge in [0.15, 0.2) is 5.78 Å². The van der Waals surface area contributed by atoms with Gasteiger partial charge in [-0.15, -0.1) is 0 Å². The summed E-state index contributed by atoms with van der Waals surface area (Å²) in [5.41, 5.74) is -2.26. The van der Waals surface area contributed by atoms with E-state index in [1.54, 1.807) is 13.0 Å². The SMILES string of the molecule is C[C@@H]1[C@H](O)C=C2C(=O)[C@H]3O[C@]3(C)CC[C@@H]3O[C@]3(C)CC[C@]1(C)[C@@]2(C)O. The molecule has 2 aliphatic heterocycles. The van der Waals surface area contributed by atoms with Crippen LogP contribution in [-0.4, -0.2) is 51.1 Å². The summed E-state index contributed by atoms with van der Waals surface area (Å²) in [6.45, 7) is 9.74. The Kier molecular flexibility index (Phi) is 3.49. The monoisotopic (exact) mass is 350 g/mol. The minimum absolute atomic E-state index is 0.158. The van der Waals surface area contributed by atoms with Crippen LogP contribution in [0.25, 0.3) is 0 Å². The molecule has 0 aromatic carbocycles. The quantitative estimate of drug-likeness (QED) is 0.654. The number of aliphatic hydroxyl groups excluding tert-OH is 1. The maximum Gasteiger partial charge on any atom is 0.193 e. The predicted molar refractivity (Wildman–Crippen MR) is 92.0 cm³/mol. The molecule has 2 saturated heterocycles. The maximum atomic E-state index is 13.1. The Labute approximate surface area is 149 Å². The lowest BCUT2D eigenvalue weighted by Gasteiger charge is -2.52. The molecule has 2 aliphatic carbocycles. The molecule has 3 fully saturated rings. The minimum Gasteiger partial charge on any atom is -0.389 e. The molecule has 25 heavy (non-hydrogen) atoms. The van der Waals surface area contributed by atoms with Crippen LogP contribution in [0.1, 0.15) is 60.3 Å². The number of epoxide rings is 2. The van der Waals surface area contributed by atoms with Crippen LogP contribution in [-0.2, 0) is 14.3 Å². The molecule has 0 unspecified atom stereocenters. The van der Waals surface area contributed by atoms with Crippen molar-refractivity contribution < 1.29 is 24.5 Å². The van der Waals surface area contributed by atoms with Gasteiger partial charge in [-0.2, -0.15) is 0 Å². The van der Waals surface area contributed by atoms with E-state index in [-0.39, 0.29) is 23.4 Å². The number of rotatable bonds is 0. The van der Waals surface area contributed by atoms with Crippen molar-refractivity contribution in [3.63, 3.8) is 0 Å². The lowest BCUT2D eigenvalue weighted by molar-refractivity contribution is -0.132. The molecule has 5 heteroatoms. The number of Topliss-reactive ketones (excluding diaryl/α,β-unsaturated/α-hetero) is 1. The second kappa shape index (κ2) is 4.94. The van der Waals surface area contributed by atoms with Crippen molar-refractivity contribution >= 4 is 5.78 Å². The number of carbonyl (C=O) groups is 1. The first-order valence-corrected chi connectivity index (χ1v) is 9.47. The molecular formula is C20H30O5. The van der Waals surface area contributed by atoms with Crippen molar-refractivity contribution in [1.29, 1.82) is 0 Å². The van der Waals surface area contributed by atoms with E-state index in [1.165, 1.54) is 0 Å². The molecular weight excluding hydrogens is 320 g/mol. The zero-order valence-electron chi connectivity index (χ0n) is 15.8. The van der Waals surface area contributed by atoms with Gasteiger partial charge in [-0.05, 0) is 58.4 Å². The van der Waals surface area contributed by atoms with E-state index in [4.69, 9.17) is 9.47 Å². The largest absolute Gasteiger partial charge is 0.389 e. The Morgan fingerprint density at radius 3 is 2.44 bits per heavy atom. The van der Waals surface area contributed by atoms with Gasteiger partial charge in [0.25, 0.3) is 0 Å². The summed E-state index contributed by atoms with van der Waals surface area (Å²) >= 11 is 0. The molecule has 5 nitrogen and oxygen atoms in total. The Hall–Kier alpha value is -0.750. The van der Waals surface area contributed by atoms with Gasteiger partial charge in [-0.3, -0.25) is 4.79 Å². The van der Waals surface area contributed by atoms with Gasteiger partial charge in [0.1, 0.15) is 11.7 Å². The topological polar surface area (TPSA) is 82.6 Å². The number of aliphatic hydroxyl groups is 2. The Balaban J connectivity index is 1.77. The molecule has 2 heterocycles. The molecule has 2 N–H and O–H groups in total. The van der Waals surface area contributed by atoms with Crippen molar-refractivity contribution in [2.45, 2.75) is 95.4 Å². The van der Waals surface area contributed by atoms with E-state index in [0.29, 0.717) is 12.0 Å². The number of carbonyl (C=O) groups excluding carboxylic acids is 1. The van der Waals surface area contributed by atoms with Crippen LogP contribution in [0.4, 0.5) is 0 Å². The lowest BCUT2D eigenvalue weighted by Crippen LogP contribution is -2.57. The molecule has 4 aliphatic rings. The van der Waals surface area contributed by atoms with E-state index in [9.17, 15) is 15.0 Å². The third-order valence-electron chi connectivity index (χ3n) is 7.96. The van der Waals surface area contributed by atoms with E-state index in [0.717, 1.165) is 19.3 Å². The summed E-state index contributed by atoms with van der Waals surface area (Å²) in [5, 5.41) is 22.1. The second-order valence-electron chi connectivity index (χ2n) is 9.48. The van der Waals surface area contributed by atoms with Gasteiger partial charge in [0.05, 0.1) is 23.4 Å². The zero-order valence-corrected chi connectivity index (χ0v) is 15.8. The molecule has 0 aromatic rings. The molecule has 4 rings (SSSR count). The first-order valence-electron chi connectivity index (χ1n) is 9.47. The average molecular weight is 350 g/mol. The minimum atomic E-state index is -1.31. The standard InChI is InChI=1S/C20H30O5/c1-11-13(21)10-12-15(22)16-19(4,25-16)7-6-14-18(3,24-14)9-8-17(11,2)20(12,5)23/h10-11,13-14,16,21,23H,6-9H2,1-5H3/t11-,13-,14+,16-,17+,18-,19-,20+/m1/s1. The number of hydrogen-bond donors (Lipinski definition) is 2. The highest BCUT2D eigenvalue weighted by molar-refractivity contribution is 6.03. The van der Waals surface area contributed by atoms with Gasteiger partial charge in [-0.25, -0.2) is 0 Å². The van der Waals surface area contributed by atoms with Crippen LogP contribution >= 0.6 is 0 Å². The summed E-state index contributed by atoms with van der Waals surface area (Å²) in [7, 11) is 0. The molecule has 0 amide bonds. The highest BCUT2D eigenvalue weighted by Gasteiger charge is 2.64. The van der Waals surface area contributed by atoms with Crippen LogP contribution in [0.3, 0.4) is 0 Å². The van der Waals surface area contributed by atoms with Crippen LogP contribution in [0.5, 0.6) is 0 Å². The third kappa shape index (κ3) is 2.32. The third-order valence-corrected chi connectivity index (χ3v) is 7.96. The smallest absolute Gasteiger partial charge is 0.193 e. The van der Waals surface area contributed by atoms with Crippen molar-refractivity contribution in [2.24, 2.45) is 11.3 Å². The maximum absolute atomic E-state index is 13.1. The van der Waals surface area contributed by atoms with Gasteiger partial charge in [0, 0.05) is 11.0 Å². The predicted octanol–water partition coefficient (Wildman–Crippen LogP) is 2.14. The van der Waals surface area contributed by atoms with E-state index in [1.807, 2.05) is 20.8 Å². The Bertz CT molecular complexity index is 654. The second-order valence-corrected chi connectivity index (χ2v) is 9.48. The average Bonchev–Trinajstić information content (AvgIpc) is 3.40. The molecule has 8 atom stereocenters. The highest BCUT2D eigenvalue weighted by Crippen LogP contribution is 2.57. The van der Waals surface area contributed by atoms with E-state index >= 15 is 0 Å². The van der Waals surface area contributed by atoms with Crippen LogP contribution in [0.2, 0.25) is 0 Å². The first-order chi connectivity index (χ1) is 11.4. The molecule has 2 bridgehead atoms.